The van der Waals surface area contributed by atoms with Crippen molar-refractivity contribution in [3.05, 3.63) is 65.7 Å². The minimum atomic E-state index is 0.0388. The van der Waals surface area contributed by atoms with Crippen LogP contribution in [-0.4, -0.2) is 11.0 Å². The van der Waals surface area contributed by atoms with Crippen molar-refractivity contribution in [2.24, 2.45) is 0 Å². The van der Waals surface area contributed by atoms with Crippen LogP contribution >= 0.6 is 0 Å². The first kappa shape index (κ1) is 17.8. The number of hydrogen-bond acceptors (Lipinski definition) is 2. The molecule has 0 saturated heterocycles. The van der Waals surface area contributed by atoms with Gasteiger partial charge < -0.3 is 10.4 Å². The van der Waals surface area contributed by atoms with E-state index in [2.05, 4.69) is 19.2 Å². The number of hydrogen-bond donors (Lipinski definition) is 2. The van der Waals surface area contributed by atoms with E-state index in [1.807, 2.05) is 42.5 Å². The molecule has 3 heteroatoms. The summed E-state index contributed by atoms with van der Waals surface area (Å²) in [6.45, 7) is 4.81. The van der Waals surface area contributed by atoms with Gasteiger partial charge in [0.2, 0.25) is 5.91 Å². The molecular weight excluding hydrogens is 274 g/mol. The quantitative estimate of drug-likeness (QED) is 0.874. The number of benzene rings is 2. The average molecular weight is 299 g/mol. The minimum absolute atomic E-state index is 0.0388. The highest BCUT2D eigenvalue weighted by atomic mass is 16.3. The van der Waals surface area contributed by atoms with E-state index in [4.69, 9.17) is 5.11 Å². The minimum Gasteiger partial charge on any atom is -0.508 e. The van der Waals surface area contributed by atoms with Crippen LogP contribution in [0.2, 0.25) is 0 Å². The lowest BCUT2D eigenvalue weighted by Gasteiger charge is -2.05. The van der Waals surface area contributed by atoms with Crippen LogP contribution in [0.5, 0.6) is 5.75 Å². The molecule has 2 rings (SSSR count). The SMILES string of the molecule is CCC.O=C(CCc1ccc(O)cc1)NCc1ccccc1. The molecule has 2 aromatic rings. The maximum atomic E-state index is 11.7. The lowest BCUT2D eigenvalue weighted by molar-refractivity contribution is -0.121. The van der Waals surface area contributed by atoms with Crippen molar-refractivity contribution in [2.75, 3.05) is 0 Å². The Morgan fingerprint density at radius 2 is 1.55 bits per heavy atom. The molecule has 0 fully saturated rings. The third-order valence-corrected chi connectivity index (χ3v) is 2.91. The fourth-order valence-corrected chi connectivity index (χ4v) is 1.81. The highest BCUT2D eigenvalue weighted by Crippen LogP contribution is 2.11. The molecule has 0 aliphatic heterocycles. The monoisotopic (exact) mass is 299 g/mol. The second-order valence-electron chi connectivity index (χ2n) is 5.14. The molecule has 2 aromatic carbocycles. The molecule has 0 heterocycles. The van der Waals surface area contributed by atoms with Gasteiger partial charge in [-0.05, 0) is 29.7 Å². The lowest BCUT2D eigenvalue weighted by atomic mass is 10.1. The van der Waals surface area contributed by atoms with Crippen LogP contribution in [0.3, 0.4) is 0 Å². The first-order chi connectivity index (χ1) is 10.7. The Kier molecular flexibility index (Phi) is 8.43. The van der Waals surface area contributed by atoms with E-state index in [1.54, 1.807) is 12.1 Å². The largest absolute Gasteiger partial charge is 0.508 e. The molecule has 0 aliphatic carbocycles. The number of aryl methyl sites for hydroxylation is 1. The fraction of sp³-hybridized carbons (Fsp3) is 0.316. The first-order valence-electron chi connectivity index (χ1n) is 7.74. The third kappa shape index (κ3) is 7.48. The van der Waals surface area contributed by atoms with Crippen LogP contribution in [0.4, 0.5) is 0 Å². The number of aromatic hydroxyl groups is 1. The third-order valence-electron chi connectivity index (χ3n) is 2.91. The van der Waals surface area contributed by atoms with Crippen molar-refractivity contribution in [1.29, 1.82) is 0 Å². The molecule has 0 radical (unpaired) electrons. The van der Waals surface area contributed by atoms with Crippen LogP contribution < -0.4 is 5.32 Å². The summed E-state index contributed by atoms with van der Waals surface area (Å²) < 4.78 is 0. The number of carbonyl (C=O) groups excluding carboxylic acids is 1. The number of rotatable bonds is 5. The highest BCUT2D eigenvalue weighted by molar-refractivity contribution is 5.76. The standard InChI is InChI=1S/C16H17NO2.C3H8/c18-15-9-6-13(7-10-15)8-11-16(19)17-12-14-4-2-1-3-5-14;1-3-2/h1-7,9-10,18H,8,11-12H2,(H,17,19);3H2,1-2H3. The Morgan fingerprint density at radius 1 is 0.955 bits per heavy atom. The summed E-state index contributed by atoms with van der Waals surface area (Å²) >= 11 is 0. The average Bonchev–Trinajstić information content (AvgIpc) is 2.54. The molecule has 2 N–H and O–H groups in total. The van der Waals surface area contributed by atoms with Gasteiger partial charge in [0.05, 0.1) is 0 Å². The molecule has 0 aliphatic rings. The van der Waals surface area contributed by atoms with E-state index >= 15 is 0 Å². The molecular formula is C19H25NO2. The Hall–Kier alpha value is -2.29. The number of nitrogens with one attached hydrogen (secondary N) is 1. The normalized spacial score (nSPS) is 9.55. The molecule has 118 valence electrons. The van der Waals surface area contributed by atoms with E-state index in [0.717, 1.165) is 11.1 Å². The van der Waals surface area contributed by atoms with Gasteiger partial charge in [0.25, 0.3) is 0 Å². The molecule has 3 nitrogen and oxygen atoms in total. The summed E-state index contributed by atoms with van der Waals surface area (Å²) in [5.41, 5.74) is 2.15. The zero-order valence-corrected chi connectivity index (χ0v) is 13.4. The molecule has 0 spiro atoms. The van der Waals surface area contributed by atoms with Crippen molar-refractivity contribution >= 4 is 5.91 Å². The van der Waals surface area contributed by atoms with E-state index in [1.165, 1.54) is 6.42 Å². The summed E-state index contributed by atoms with van der Waals surface area (Å²) in [5, 5.41) is 12.1. The summed E-state index contributed by atoms with van der Waals surface area (Å²) in [6.07, 6.45) is 2.39. The predicted octanol–water partition coefficient (Wildman–Crippen LogP) is 4.06. The first-order valence-corrected chi connectivity index (χ1v) is 7.74. The molecule has 0 atom stereocenters. The van der Waals surface area contributed by atoms with Crippen LogP contribution in [0.15, 0.2) is 54.6 Å². The zero-order chi connectivity index (χ0) is 16.2. The molecule has 0 bridgehead atoms. The van der Waals surface area contributed by atoms with Crippen LogP contribution in [0.1, 0.15) is 37.8 Å². The van der Waals surface area contributed by atoms with Gasteiger partial charge in [-0.25, -0.2) is 0 Å². The second-order valence-corrected chi connectivity index (χ2v) is 5.14. The summed E-state index contributed by atoms with van der Waals surface area (Å²) in [7, 11) is 0. The lowest BCUT2D eigenvalue weighted by Crippen LogP contribution is -2.22. The molecule has 0 unspecified atom stereocenters. The van der Waals surface area contributed by atoms with Gasteiger partial charge in [-0.1, -0.05) is 62.7 Å². The molecule has 0 aromatic heterocycles. The van der Waals surface area contributed by atoms with Crippen molar-refractivity contribution in [3.63, 3.8) is 0 Å². The van der Waals surface area contributed by atoms with Crippen molar-refractivity contribution < 1.29 is 9.90 Å². The topological polar surface area (TPSA) is 49.3 Å². The Labute approximate surface area is 133 Å². The zero-order valence-electron chi connectivity index (χ0n) is 13.4. The van der Waals surface area contributed by atoms with E-state index in [-0.39, 0.29) is 11.7 Å². The van der Waals surface area contributed by atoms with Gasteiger partial charge in [-0.3, -0.25) is 4.79 Å². The fourth-order valence-electron chi connectivity index (χ4n) is 1.81. The van der Waals surface area contributed by atoms with Crippen LogP contribution in [-0.2, 0) is 17.8 Å². The van der Waals surface area contributed by atoms with Crippen LogP contribution in [0.25, 0.3) is 0 Å². The highest BCUT2D eigenvalue weighted by Gasteiger charge is 2.02. The summed E-state index contributed by atoms with van der Waals surface area (Å²) in [6, 6.07) is 16.8. The van der Waals surface area contributed by atoms with Gasteiger partial charge in [0.15, 0.2) is 0 Å². The maximum Gasteiger partial charge on any atom is 0.220 e. The number of phenolic OH excluding ortho intramolecular Hbond substituents is 1. The van der Waals surface area contributed by atoms with E-state index < -0.39 is 0 Å². The summed E-state index contributed by atoms with van der Waals surface area (Å²) in [4.78, 5) is 11.7. The molecule has 0 saturated carbocycles. The smallest absolute Gasteiger partial charge is 0.220 e. The predicted molar refractivity (Wildman–Crippen MR) is 90.7 cm³/mol. The molecule has 22 heavy (non-hydrogen) atoms. The Balaban J connectivity index is 0.000000745. The van der Waals surface area contributed by atoms with E-state index in [0.29, 0.717) is 19.4 Å². The van der Waals surface area contributed by atoms with Gasteiger partial charge >= 0.3 is 0 Å². The van der Waals surface area contributed by atoms with Crippen molar-refractivity contribution in [1.82, 2.24) is 5.32 Å². The number of amides is 1. The summed E-state index contributed by atoms with van der Waals surface area (Å²) in [5.74, 6) is 0.286. The van der Waals surface area contributed by atoms with Gasteiger partial charge in [-0.15, -0.1) is 0 Å². The van der Waals surface area contributed by atoms with Gasteiger partial charge in [-0.2, -0.15) is 0 Å². The van der Waals surface area contributed by atoms with Gasteiger partial charge in [0, 0.05) is 13.0 Å². The Morgan fingerprint density at radius 3 is 2.14 bits per heavy atom. The number of carbonyl (C=O) groups is 1. The van der Waals surface area contributed by atoms with Crippen molar-refractivity contribution in [2.45, 2.75) is 39.7 Å². The Bertz CT molecular complexity index is 535. The van der Waals surface area contributed by atoms with Crippen molar-refractivity contribution in [3.8, 4) is 5.75 Å². The number of phenols is 1. The second kappa shape index (κ2) is 10.4. The molecule has 1 amide bonds. The van der Waals surface area contributed by atoms with E-state index in [9.17, 15) is 4.79 Å². The van der Waals surface area contributed by atoms with Crippen LogP contribution in [0, 0.1) is 0 Å². The van der Waals surface area contributed by atoms with Gasteiger partial charge in [0.1, 0.15) is 5.75 Å². The maximum absolute atomic E-state index is 11.7.